The number of aromatic nitrogens is 1. The average molecular weight is 380 g/mol. The number of methoxy groups -OCH3 is 1. The van der Waals surface area contributed by atoms with E-state index in [2.05, 4.69) is 15.4 Å². The van der Waals surface area contributed by atoms with Gasteiger partial charge in [0, 0.05) is 24.1 Å². The highest BCUT2D eigenvalue weighted by Gasteiger charge is 2.16. The number of carbonyl (C=O) groups excluding carboxylic acids is 2. The first-order valence-corrected chi connectivity index (χ1v) is 8.84. The molecule has 0 saturated heterocycles. The number of hydrogen-bond donors (Lipinski definition) is 2. The Hall–Kier alpha value is -3.37. The maximum Gasteiger partial charge on any atom is 0.280 e. The second-order valence-corrected chi connectivity index (χ2v) is 6.44. The lowest BCUT2D eigenvalue weighted by Gasteiger charge is -2.17. The van der Waals surface area contributed by atoms with Crippen molar-refractivity contribution in [3.8, 4) is 6.07 Å². The molecular weight excluding hydrogens is 356 g/mol. The summed E-state index contributed by atoms with van der Waals surface area (Å²) < 4.78 is 7.31. The minimum atomic E-state index is -0.679. The fourth-order valence-electron chi connectivity index (χ4n) is 3.09. The summed E-state index contributed by atoms with van der Waals surface area (Å²) in [4.78, 5) is 24.3. The molecule has 2 rings (SSSR count). The van der Waals surface area contributed by atoms with Crippen LogP contribution in [0.4, 0.5) is 0 Å². The van der Waals surface area contributed by atoms with Gasteiger partial charge in [0.25, 0.3) is 11.8 Å². The molecule has 1 aromatic heterocycles. The van der Waals surface area contributed by atoms with Crippen molar-refractivity contribution in [3.63, 3.8) is 0 Å². The van der Waals surface area contributed by atoms with Crippen molar-refractivity contribution in [2.75, 3.05) is 13.7 Å². The third-order valence-corrected chi connectivity index (χ3v) is 4.36. The second-order valence-electron chi connectivity index (χ2n) is 6.44. The van der Waals surface area contributed by atoms with Crippen molar-refractivity contribution in [2.24, 2.45) is 0 Å². The number of rotatable bonds is 6. The smallest absolute Gasteiger partial charge is 0.280 e. The lowest BCUT2D eigenvalue weighted by atomic mass is 10.1. The molecule has 1 unspecified atom stereocenters. The van der Waals surface area contributed by atoms with Gasteiger partial charge in [-0.25, -0.2) is 0 Å². The summed E-state index contributed by atoms with van der Waals surface area (Å²) >= 11 is 0. The number of amides is 2. The van der Waals surface area contributed by atoms with E-state index in [1.54, 1.807) is 37.4 Å². The lowest BCUT2D eigenvalue weighted by Crippen LogP contribution is -2.42. The molecule has 0 spiro atoms. The SMILES string of the molecule is COCC(C)n1c(C)cc(/C=C(\C#N)C(=O)NNC(=O)c2ccccc2)c1C. The number of hydrogen-bond acceptors (Lipinski definition) is 4. The third-order valence-electron chi connectivity index (χ3n) is 4.36. The van der Waals surface area contributed by atoms with Crippen LogP contribution in [0.5, 0.6) is 0 Å². The van der Waals surface area contributed by atoms with Gasteiger partial charge in [-0.2, -0.15) is 5.26 Å². The van der Waals surface area contributed by atoms with Crippen LogP contribution in [0.15, 0.2) is 42.0 Å². The van der Waals surface area contributed by atoms with E-state index in [4.69, 9.17) is 4.74 Å². The molecule has 2 N–H and O–H groups in total. The molecule has 2 amide bonds. The van der Waals surface area contributed by atoms with E-state index in [9.17, 15) is 14.9 Å². The molecule has 0 saturated carbocycles. The normalized spacial score (nSPS) is 12.2. The van der Waals surface area contributed by atoms with Crippen LogP contribution in [0.25, 0.3) is 6.08 Å². The van der Waals surface area contributed by atoms with E-state index in [-0.39, 0.29) is 11.6 Å². The minimum Gasteiger partial charge on any atom is -0.383 e. The van der Waals surface area contributed by atoms with Crippen LogP contribution in [0.2, 0.25) is 0 Å². The van der Waals surface area contributed by atoms with Gasteiger partial charge in [0.05, 0.1) is 12.6 Å². The summed E-state index contributed by atoms with van der Waals surface area (Å²) in [6, 6.07) is 12.4. The molecule has 1 atom stereocenters. The van der Waals surface area contributed by atoms with Crippen molar-refractivity contribution in [3.05, 3.63) is 64.5 Å². The van der Waals surface area contributed by atoms with E-state index in [0.29, 0.717) is 12.2 Å². The summed E-state index contributed by atoms with van der Waals surface area (Å²) in [5.41, 5.74) is 7.59. The molecule has 0 aliphatic heterocycles. The van der Waals surface area contributed by atoms with Gasteiger partial charge in [-0.05, 0) is 50.6 Å². The zero-order chi connectivity index (χ0) is 20.7. The Morgan fingerprint density at radius 3 is 2.54 bits per heavy atom. The molecule has 7 nitrogen and oxygen atoms in total. The first-order chi connectivity index (χ1) is 13.4. The summed E-state index contributed by atoms with van der Waals surface area (Å²) in [6.07, 6.45) is 1.52. The fraction of sp³-hybridized carbons (Fsp3) is 0.286. The zero-order valence-electron chi connectivity index (χ0n) is 16.4. The Labute approximate surface area is 164 Å². The van der Waals surface area contributed by atoms with Gasteiger partial charge in [0.2, 0.25) is 0 Å². The predicted octanol–water partition coefficient (Wildman–Crippen LogP) is 2.68. The van der Waals surface area contributed by atoms with Crippen molar-refractivity contribution >= 4 is 17.9 Å². The number of carbonyl (C=O) groups is 2. The van der Waals surface area contributed by atoms with Gasteiger partial charge in [0.1, 0.15) is 11.6 Å². The molecule has 146 valence electrons. The molecule has 0 aliphatic rings. The lowest BCUT2D eigenvalue weighted by molar-refractivity contribution is -0.117. The summed E-state index contributed by atoms with van der Waals surface area (Å²) in [5, 5.41) is 9.38. The number of aryl methyl sites for hydroxylation is 1. The van der Waals surface area contributed by atoms with Crippen LogP contribution in [-0.2, 0) is 9.53 Å². The largest absolute Gasteiger partial charge is 0.383 e. The molecule has 0 aliphatic carbocycles. The van der Waals surface area contributed by atoms with Gasteiger partial charge in [-0.15, -0.1) is 0 Å². The Morgan fingerprint density at radius 2 is 1.93 bits per heavy atom. The number of nitriles is 1. The molecule has 0 bridgehead atoms. The Morgan fingerprint density at radius 1 is 1.25 bits per heavy atom. The number of benzene rings is 1. The summed E-state index contributed by atoms with van der Waals surface area (Å²) in [7, 11) is 1.65. The molecule has 1 aromatic carbocycles. The molecule has 1 heterocycles. The van der Waals surface area contributed by atoms with Crippen LogP contribution in [0, 0.1) is 25.2 Å². The number of hydrazine groups is 1. The highest BCUT2D eigenvalue weighted by molar-refractivity contribution is 6.03. The highest BCUT2D eigenvalue weighted by atomic mass is 16.5. The first kappa shape index (κ1) is 20.9. The molecular formula is C21H24N4O3. The van der Waals surface area contributed by atoms with Crippen LogP contribution >= 0.6 is 0 Å². The van der Waals surface area contributed by atoms with Crippen LogP contribution in [0.3, 0.4) is 0 Å². The standard InChI is InChI=1S/C21H24N4O3/c1-14-10-18(16(3)25(14)15(2)13-28-4)11-19(12-22)21(27)24-23-20(26)17-8-6-5-7-9-17/h5-11,15H,13H2,1-4H3,(H,23,26)(H,24,27)/b19-11+. The van der Waals surface area contributed by atoms with Crippen molar-refractivity contribution in [2.45, 2.75) is 26.8 Å². The van der Waals surface area contributed by atoms with E-state index in [1.165, 1.54) is 6.08 Å². The third kappa shape index (κ3) is 4.87. The monoisotopic (exact) mass is 380 g/mol. The van der Waals surface area contributed by atoms with Crippen LogP contribution in [-0.4, -0.2) is 30.1 Å². The maximum absolute atomic E-state index is 12.3. The number of nitrogens with zero attached hydrogens (tertiary/aromatic N) is 2. The maximum atomic E-state index is 12.3. The van der Waals surface area contributed by atoms with E-state index in [0.717, 1.165) is 17.0 Å². The number of ether oxygens (including phenoxy) is 1. The van der Waals surface area contributed by atoms with Crippen LogP contribution in [0.1, 0.15) is 40.3 Å². The topological polar surface area (TPSA) is 96.2 Å². The molecule has 7 heteroatoms. The van der Waals surface area contributed by atoms with Gasteiger partial charge in [-0.3, -0.25) is 20.4 Å². The van der Waals surface area contributed by atoms with Crippen molar-refractivity contribution in [1.29, 1.82) is 5.26 Å². The van der Waals surface area contributed by atoms with E-state index >= 15 is 0 Å². The average Bonchev–Trinajstić information content (AvgIpc) is 2.97. The molecule has 0 radical (unpaired) electrons. The second kappa shape index (κ2) is 9.53. The van der Waals surface area contributed by atoms with Gasteiger partial charge < -0.3 is 9.30 Å². The summed E-state index contributed by atoms with van der Waals surface area (Å²) in [5.74, 6) is -1.14. The van der Waals surface area contributed by atoms with Crippen LogP contribution < -0.4 is 10.9 Å². The molecule has 28 heavy (non-hydrogen) atoms. The van der Waals surface area contributed by atoms with Gasteiger partial charge in [-0.1, -0.05) is 18.2 Å². The predicted molar refractivity (Wildman–Crippen MR) is 106 cm³/mol. The molecule has 0 fully saturated rings. The van der Waals surface area contributed by atoms with Gasteiger partial charge in [0.15, 0.2) is 0 Å². The summed E-state index contributed by atoms with van der Waals surface area (Å²) in [6.45, 7) is 6.47. The van der Waals surface area contributed by atoms with Crippen molar-refractivity contribution in [1.82, 2.24) is 15.4 Å². The van der Waals surface area contributed by atoms with Crippen molar-refractivity contribution < 1.29 is 14.3 Å². The zero-order valence-corrected chi connectivity index (χ0v) is 16.4. The van der Waals surface area contributed by atoms with Gasteiger partial charge >= 0.3 is 0 Å². The molecule has 2 aromatic rings. The Balaban J connectivity index is 2.15. The minimum absolute atomic E-state index is 0.104. The van der Waals surface area contributed by atoms with E-state index in [1.807, 2.05) is 32.9 Å². The quantitative estimate of drug-likeness (QED) is 0.457. The highest BCUT2D eigenvalue weighted by Crippen LogP contribution is 2.22. The fourth-order valence-corrected chi connectivity index (χ4v) is 3.09. The Bertz CT molecular complexity index is 923. The Kier molecular flexibility index (Phi) is 7.13. The first-order valence-electron chi connectivity index (χ1n) is 8.84. The number of nitrogens with one attached hydrogen (secondary N) is 2. The van der Waals surface area contributed by atoms with E-state index < -0.39 is 11.8 Å².